The molecule has 0 aromatic heterocycles. The molecule has 1 amide bonds. The Labute approximate surface area is 160 Å². The maximum absolute atomic E-state index is 12.1. The Balaban J connectivity index is 1.59. The summed E-state index contributed by atoms with van der Waals surface area (Å²) in [7, 11) is 0. The number of aryl methyl sites for hydroxylation is 2. The van der Waals surface area contributed by atoms with Gasteiger partial charge in [0.15, 0.2) is 18.1 Å². The van der Waals surface area contributed by atoms with Gasteiger partial charge in [0.05, 0.1) is 4.92 Å². The van der Waals surface area contributed by atoms with Gasteiger partial charge in [0.2, 0.25) is 6.10 Å². The lowest BCUT2D eigenvalue weighted by Gasteiger charge is -2.24. The van der Waals surface area contributed by atoms with Gasteiger partial charge in [0, 0.05) is 6.07 Å². The summed E-state index contributed by atoms with van der Waals surface area (Å²) in [5.74, 6) is -0.534. The Kier molecular flexibility index (Phi) is 5.44. The van der Waals surface area contributed by atoms with E-state index in [4.69, 9.17) is 14.2 Å². The van der Waals surface area contributed by atoms with E-state index in [1.54, 1.807) is 38.1 Å². The van der Waals surface area contributed by atoms with Gasteiger partial charge in [-0.1, -0.05) is 12.1 Å². The van der Waals surface area contributed by atoms with Crippen LogP contribution in [0.5, 0.6) is 11.5 Å². The number of carbonyl (C=O) groups is 2. The predicted octanol–water partition coefficient (Wildman–Crippen LogP) is 2.53. The van der Waals surface area contributed by atoms with Crippen molar-refractivity contribution < 1.29 is 28.7 Å². The molecule has 1 heterocycles. The Morgan fingerprint density at radius 1 is 1.21 bits per heavy atom. The van der Waals surface area contributed by atoms with Crippen molar-refractivity contribution in [2.45, 2.75) is 20.0 Å². The molecule has 0 aliphatic carbocycles. The third-order valence-electron chi connectivity index (χ3n) is 4.20. The zero-order chi connectivity index (χ0) is 20.3. The number of rotatable bonds is 5. The van der Waals surface area contributed by atoms with Crippen LogP contribution in [-0.2, 0) is 14.3 Å². The summed E-state index contributed by atoms with van der Waals surface area (Å²) in [5.41, 5.74) is 1.32. The molecule has 9 heteroatoms. The van der Waals surface area contributed by atoms with Crippen LogP contribution < -0.4 is 14.8 Å². The van der Waals surface area contributed by atoms with Crippen LogP contribution in [0.4, 0.5) is 11.4 Å². The first-order valence-corrected chi connectivity index (χ1v) is 8.45. The molecule has 1 atom stereocenters. The SMILES string of the molecule is Cc1cc(NC(=O)COC(=O)[C@H]2COc3ccccc3O2)c([N+](=O)[O-])cc1C. The number of carbonyl (C=O) groups excluding carboxylic acids is 2. The van der Waals surface area contributed by atoms with Crippen molar-refractivity contribution in [2.24, 2.45) is 0 Å². The summed E-state index contributed by atoms with van der Waals surface area (Å²) >= 11 is 0. The van der Waals surface area contributed by atoms with Crippen LogP contribution in [0, 0.1) is 24.0 Å². The molecule has 0 radical (unpaired) electrons. The maximum atomic E-state index is 12.1. The number of nitrogens with zero attached hydrogens (tertiary/aromatic N) is 1. The largest absolute Gasteiger partial charge is 0.485 e. The van der Waals surface area contributed by atoms with Crippen LogP contribution in [0.2, 0.25) is 0 Å². The molecule has 2 aromatic carbocycles. The summed E-state index contributed by atoms with van der Waals surface area (Å²) in [5, 5.41) is 13.6. The van der Waals surface area contributed by atoms with Gasteiger partial charge in [-0.3, -0.25) is 14.9 Å². The number of anilines is 1. The fourth-order valence-electron chi connectivity index (χ4n) is 2.60. The number of para-hydroxylation sites is 2. The predicted molar refractivity (Wildman–Crippen MR) is 98.5 cm³/mol. The van der Waals surface area contributed by atoms with Gasteiger partial charge in [-0.15, -0.1) is 0 Å². The summed E-state index contributed by atoms with van der Waals surface area (Å²) in [4.78, 5) is 34.8. The molecule has 0 saturated carbocycles. The Bertz CT molecular complexity index is 942. The number of esters is 1. The lowest BCUT2D eigenvalue weighted by atomic mass is 10.1. The summed E-state index contributed by atoms with van der Waals surface area (Å²) in [6.07, 6.45) is -1.00. The molecular formula is C19H18N2O7. The standard InChI is InChI=1S/C19H18N2O7/c1-11-7-13(14(21(24)25)8-12(11)2)20-18(22)10-27-19(23)17-9-26-15-5-3-4-6-16(15)28-17/h3-8,17H,9-10H2,1-2H3,(H,20,22)/t17-/m1/s1. The van der Waals surface area contributed by atoms with E-state index in [0.29, 0.717) is 11.5 Å². The number of nitro groups is 1. The molecule has 1 N–H and O–H groups in total. The van der Waals surface area contributed by atoms with Crippen LogP contribution in [0.15, 0.2) is 36.4 Å². The second-order valence-corrected chi connectivity index (χ2v) is 6.23. The van der Waals surface area contributed by atoms with Crippen LogP contribution >= 0.6 is 0 Å². The molecule has 1 aliphatic rings. The van der Waals surface area contributed by atoms with Crippen LogP contribution in [0.25, 0.3) is 0 Å². The van der Waals surface area contributed by atoms with Gasteiger partial charge in [-0.25, -0.2) is 4.79 Å². The highest BCUT2D eigenvalue weighted by atomic mass is 16.6. The van der Waals surface area contributed by atoms with Crippen LogP contribution in [-0.4, -0.2) is 36.1 Å². The monoisotopic (exact) mass is 386 g/mol. The molecule has 0 saturated heterocycles. The molecule has 9 nitrogen and oxygen atoms in total. The van der Waals surface area contributed by atoms with E-state index in [-0.39, 0.29) is 18.0 Å². The average Bonchev–Trinajstić information content (AvgIpc) is 2.68. The zero-order valence-electron chi connectivity index (χ0n) is 15.3. The Hall–Kier alpha value is -3.62. The second kappa shape index (κ2) is 7.95. The maximum Gasteiger partial charge on any atom is 0.351 e. The number of hydrogen-bond acceptors (Lipinski definition) is 7. The van der Waals surface area contributed by atoms with Crippen molar-refractivity contribution in [1.82, 2.24) is 0 Å². The molecule has 0 fully saturated rings. The molecular weight excluding hydrogens is 368 g/mol. The minimum atomic E-state index is -1.00. The van der Waals surface area contributed by atoms with Crippen LogP contribution in [0.1, 0.15) is 11.1 Å². The zero-order valence-corrected chi connectivity index (χ0v) is 15.3. The van der Waals surface area contributed by atoms with E-state index in [0.717, 1.165) is 11.1 Å². The van der Waals surface area contributed by atoms with Crippen LogP contribution in [0.3, 0.4) is 0 Å². The van der Waals surface area contributed by atoms with E-state index in [9.17, 15) is 19.7 Å². The topological polar surface area (TPSA) is 117 Å². The number of amides is 1. The Morgan fingerprint density at radius 3 is 2.61 bits per heavy atom. The fourth-order valence-corrected chi connectivity index (χ4v) is 2.60. The average molecular weight is 386 g/mol. The van der Waals surface area contributed by atoms with Crippen molar-refractivity contribution in [2.75, 3.05) is 18.5 Å². The molecule has 1 aliphatic heterocycles. The van der Waals surface area contributed by atoms with Crippen molar-refractivity contribution in [3.05, 3.63) is 57.6 Å². The third kappa shape index (κ3) is 4.20. The minimum absolute atomic E-state index is 0.0416. The van der Waals surface area contributed by atoms with E-state index in [1.165, 1.54) is 12.1 Å². The van der Waals surface area contributed by atoms with Gasteiger partial charge in [-0.05, 0) is 43.2 Å². The quantitative estimate of drug-likeness (QED) is 0.477. The summed E-state index contributed by atoms with van der Waals surface area (Å²) in [6.45, 7) is 2.86. The summed E-state index contributed by atoms with van der Waals surface area (Å²) < 4.78 is 15.9. The van der Waals surface area contributed by atoms with Gasteiger partial charge in [0.25, 0.3) is 11.6 Å². The van der Waals surface area contributed by atoms with E-state index in [2.05, 4.69) is 5.32 Å². The molecule has 3 rings (SSSR count). The number of hydrogen-bond donors (Lipinski definition) is 1. The number of benzene rings is 2. The number of nitrogens with one attached hydrogen (secondary N) is 1. The molecule has 0 unspecified atom stereocenters. The first-order chi connectivity index (χ1) is 13.3. The highest BCUT2D eigenvalue weighted by Gasteiger charge is 2.29. The van der Waals surface area contributed by atoms with Gasteiger partial charge in [0.1, 0.15) is 12.3 Å². The smallest absolute Gasteiger partial charge is 0.351 e. The van der Waals surface area contributed by atoms with Gasteiger partial charge < -0.3 is 19.5 Å². The van der Waals surface area contributed by atoms with E-state index >= 15 is 0 Å². The number of nitro benzene ring substituents is 1. The van der Waals surface area contributed by atoms with Crippen molar-refractivity contribution in [3.63, 3.8) is 0 Å². The molecule has 28 heavy (non-hydrogen) atoms. The molecule has 0 bridgehead atoms. The lowest BCUT2D eigenvalue weighted by molar-refractivity contribution is -0.384. The molecule has 0 spiro atoms. The van der Waals surface area contributed by atoms with Crippen molar-refractivity contribution in [3.8, 4) is 11.5 Å². The highest BCUT2D eigenvalue weighted by molar-refractivity contribution is 5.95. The first kappa shape index (κ1) is 19.2. The number of ether oxygens (including phenoxy) is 3. The van der Waals surface area contributed by atoms with Gasteiger partial charge in [-0.2, -0.15) is 0 Å². The van der Waals surface area contributed by atoms with Crippen molar-refractivity contribution in [1.29, 1.82) is 0 Å². The third-order valence-corrected chi connectivity index (χ3v) is 4.20. The normalized spacial score (nSPS) is 14.9. The van der Waals surface area contributed by atoms with E-state index < -0.39 is 29.5 Å². The first-order valence-electron chi connectivity index (χ1n) is 8.45. The molecule has 146 valence electrons. The van der Waals surface area contributed by atoms with Gasteiger partial charge >= 0.3 is 5.97 Å². The highest BCUT2D eigenvalue weighted by Crippen LogP contribution is 2.31. The summed E-state index contributed by atoms with van der Waals surface area (Å²) in [6, 6.07) is 9.75. The van der Waals surface area contributed by atoms with Crippen molar-refractivity contribution >= 4 is 23.3 Å². The lowest BCUT2D eigenvalue weighted by Crippen LogP contribution is -2.39. The number of fused-ring (bicyclic) bond motifs is 1. The Morgan fingerprint density at radius 2 is 1.89 bits per heavy atom. The second-order valence-electron chi connectivity index (χ2n) is 6.23. The minimum Gasteiger partial charge on any atom is -0.485 e. The fraction of sp³-hybridized carbons (Fsp3) is 0.263. The molecule has 2 aromatic rings. The van der Waals surface area contributed by atoms with E-state index in [1.807, 2.05) is 0 Å².